The van der Waals surface area contributed by atoms with Crippen molar-refractivity contribution in [2.24, 2.45) is 0 Å². The zero-order chi connectivity index (χ0) is 23.0. The summed E-state index contributed by atoms with van der Waals surface area (Å²) in [5.74, 6) is 0.955. The number of alkyl halides is 1. The summed E-state index contributed by atoms with van der Waals surface area (Å²) in [6.07, 6.45) is 2.56. The van der Waals surface area contributed by atoms with Crippen LogP contribution in [0.2, 0.25) is 0 Å². The monoisotopic (exact) mass is 580 g/mol. The maximum atomic E-state index is 12.4. The van der Waals surface area contributed by atoms with Crippen molar-refractivity contribution in [3.05, 3.63) is 95.1 Å². The molecule has 0 aliphatic heterocycles. The average molecular weight is 581 g/mol. The molecule has 0 saturated carbocycles. The van der Waals surface area contributed by atoms with Gasteiger partial charge >= 0.3 is 0 Å². The number of rotatable bonds is 11. The van der Waals surface area contributed by atoms with Gasteiger partial charge < -0.3 is 20.3 Å². The van der Waals surface area contributed by atoms with Gasteiger partial charge in [-0.15, -0.1) is 11.6 Å². The van der Waals surface area contributed by atoms with Gasteiger partial charge in [0.25, 0.3) is 0 Å². The van der Waals surface area contributed by atoms with Crippen molar-refractivity contribution in [1.82, 2.24) is 0 Å². The number of aliphatic hydroxyl groups is 1. The van der Waals surface area contributed by atoms with Crippen molar-refractivity contribution >= 4 is 51.9 Å². The lowest BCUT2D eigenvalue weighted by Crippen LogP contribution is -2.35. The Labute approximate surface area is 209 Å². The Morgan fingerprint density at radius 1 is 1.12 bits per heavy atom. The normalized spacial score (nSPS) is 14.1. The molecule has 168 valence electrons. The van der Waals surface area contributed by atoms with Crippen molar-refractivity contribution in [2.75, 3.05) is 17.6 Å². The molecule has 0 bridgehead atoms. The molecule has 32 heavy (non-hydrogen) atoms. The third kappa shape index (κ3) is 5.45. The maximum absolute atomic E-state index is 12.4. The molecule has 0 spiro atoms. The highest BCUT2D eigenvalue weighted by molar-refractivity contribution is 14.2. The zero-order valence-electron chi connectivity index (χ0n) is 17.8. The molecular weight excluding hydrogens is 554 g/mol. The summed E-state index contributed by atoms with van der Waals surface area (Å²) in [6.45, 7) is 2.52. The van der Waals surface area contributed by atoms with E-state index in [2.05, 4.69) is 46.2 Å². The van der Waals surface area contributed by atoms with Crippen LogP contribution in [-0.2, 0) is 5.60 Å². The standard InChI is InChI=1S/C25H27ClIN2O2P/c1-2-23(18-6-4-3-5-7-18)25(30,20-8-11-22(12-9-20)31-15-14-26)21-10-13-24(29-32-27)19(16-21)17-28/h3-13,16-17,23,28-30,32H,2,14-15H2,1H3. The second-order valence-corrected chi connectivity index (χ2v) is 9.80. The van der Waals surface area contributed by atoms with Gasteiger partial charge in [0, 0.05) is 29.8 Å². The fraction of sp³-hybridized carbons (Fsp3) is 0.240. The molecular formula is C25H27ClIN2O2P. The van der Waals surface area contributed by atoms with E-state index in [1.54, 1.807) is 0 Å². The lowest BCUT2D eigenvalue weighted by atomic mass is 9.71. The minimum atomic E-state index is -1.29. The van der Waals surface area contributed by atoms with E-state index in [1.807, 2.05) is 60.7 Å². The smallest absolute Gasteiger partial charge is 0.121 e. The molecule has 0 fully saturated rings. The van der Waals surface area contributed by atoms with Crippen molar-refractivity contribution in [3.8, 4) is 5.75 Å². The van der Waals surface area contributed by atoms with Gasteiger partial charge in [0.15, 0.2) is 0 Å². The third-order valence-electron chi connectivity index (χ3n) is 5.58. The van der Waals surface area contributed by atoms with E-state index in [9.17, 15) is 5.11 Å². The summed E-state index contributed by atoms with van der Waals surface area (Å²) in [5, 5.41) is 23.6. The molecule has 3 rings (SSSR count). The van der Waals surface area contributed by atoms with Crippen molar-refractivity contribution in [3.63, 3.8) is 0 Å². The molecule has 3 aromatic rings. The van der Waals surface area contributed by atoms with Gasteiger partial charge in [-0.05, 0) is 69.4 Å². The number of halogens is 2. The molecule has 0 aliphatic rings. The van der Waals surface area contributed by atoms with Gasteiger partial charge in [0.2, 0.25) is 0 Å². The van der Waals surface area contributed by atoms with E-state index >= 15 is 0 Å². The summed E-state index contributed by atoms with van der Waals surface area (Å²) in [5.41, 5.74) is 2.94. The second-order valence-electron chi connectivity index (χ2n) is 7.37. The van der Waals surface area contributed by atoms with Crippen LogP contribution < -0.4 is 9.82 Å². The number of anilines is 1. The Kier molecular flexibility index (Phi) is 9.35. The molecule has 0 amide bonds. The first-order valence-corrected chi connectivity index (χ1v) is 15.1. The van der Waals surface area contributed by atoms with Crippen LogP contribution in [0, 0.1) is 5.41 Å². The van der Waals surface area contributed by atoms with E-state index < -0.39 is 5.60 Å². The van der Waals surface area contributed by atoms with Crippen LogP contribution in [0.4, 0.5) is 5.69 Å². The minimum absolute atomic E-state index is 0.179. The number of ether oxygens (including phenoxy) is 1. The topological polar surface area (TPSA) is 65.3 Å². The Balaban J connectivity index is 2.16. The lowest BCUT2D eigenvalue weighted by molar-refractivity contribution is 0.0476. The Morgan fingerprint density at radius 2 is 1.81 bits per heavy atom. The predicted octanol–water partition coefficient (Wildman–Crippen LogP) is 7.09. The van der Waals surface area contributed by atoms with Crippen molar-refractivity contribution in [1.29, 1.82) is 5.41 Å². The number of hydrogen-bond acceptors (Lipinski definition) is 4. The largest absolute Gasteiger partial charge is 0.492 e. The first-order valence-electron chi connectivity index (χ1n) is 10.4. The summed E-state index contributed by atoms with van der Waals surface area (Å²) < 4.78 is 5.63. The molecule has 4 nitrogen and oxygen atoms in total. The highest BCUT2D eigenvalue weighted by Crippen LogP contribution is 2.45. The summed E-state index contributed by atoms with van der Waals surface area (Å²) in [7, 11) is 0. The van der Waals surface area contributed by atoms with E-state index in [-0.39, 0.29) is 5.92 Å². The van der Waals surface area contributed by atoms with Gasteiger partial charge in [0.05, 0.1) is 5.88 Å². The van der Waals surface area contributed by atoms with E-state index in [4.69, 9.17) is 21.7 Å². The predicted molar refractivity (Wildman–Crippen MR) is 145 cm³/mol. The molecule has 0 radical (unpaired) electrons. The van der Waals surface area contributed by atoms with Crippen molar-refractivity contribution < 1.29 is 9.84 Å². The summed E-state index contributed by atoms with van der Waals surface area (Å²) in [6, 6.07) is 23.5. The first kappa shape index (κ1) is 25.0. The highest BCUT2D eigenvalue weighted by atomic mass is 127. The molecule has 0 heterocycles. The van der Waals surface area contributed by atoms with Crippen LogP contribution in [0.5, 0.6) is 5.75 Å². The SMILES string of the molecule is CCC(c1ccccc1)C(O)(c1ccc(OCCCl)cc1)c1ccc(NPI)c(C=N)c1. The molecule has 3 unspecified atom stereocenters. The Bertz CT molecular complexity index is 1020. The van der Waals surface area contributed by atoms with E-state index in [0.29, 0.717) is 24.6 Å². The van der Waals surface area contributed by atoms with Crippen LogP contribution >= 0.6 is 40.0 Å². The number of nitrogens with one attached hydrogen (secondary N) is 2. The van der Waals surface area contributed by atoms with Crippen LogP contribution in [0.15, 0.2) is 72.8 Å². The quantitative estimate of drug-likeness (QED) is 0.0982. The van der Waals surface area contributed by atoms with Crippen LogP contribution in [-0.4, -0.2) is 23.8 Å². The molecule has 3 N–H and O–H groups in total. The van der Waals surface area contributed by atoms with Gasteiger partial charge in [-0.3, -0.25) is 0 Å². The Morgan fingerprint density at radius 3 is 2.41 bits per heavy atom. The fourth-order valence-electron chi connectivity index (χ4n) is 4.07. The maximum Gasteiger partial charge on any atom is 0.121 e. The minimum Gasteiger partial charge on any atom is -0.492 e. The van der Waals surface area contributed by atoms with Gasteiger partial charge in [0.1, 0.15) is 18.0 Å². The molecule has 0 saturated heterocycles. The van der Waals surface area contributed by atoms with Gasteiger partial charge in [-0.2, -0.15) is 0 Å². The fourth-order valence-corrected chi connectivity index (χ4v) is 5.35. The molecule has 0 aromatic heterocycles. The highest BCUT2D eigenvalue weighted by Gasteiger charge is 2.40. The van der Waals surface area contributed by atoms with Crippen LogP contribution in [0.25, 0.3) is 0 Å². The lowest BCUT2D eigenvalue weighted by Gasteiger charge is -2.38. The molecule has 3 atom stereocenters. The van der Waals surface area contributed by atoms with Gasteiger partial charge in [-0.1, -0.05) is 55.5 Å². The summed E-state index contributed by atoms with van der Waals surface area (Å²) >= 11 is 8.01. The van der Waals surface area contributed by atoms with E-state index in [0.717, 1.165) is 34.4 Å². The van der Waals surface area contributed by atoms with E-state index in [1.165, 1.54) is 6.21 Å². The Hall–Kier alpha value is -1.66. The second kappa shape index (κ2) is 12.0. The zero-order valence-corrected chi connectivity index (χ0v) is 21.7. The number of hydrogen-bond donors (Lipinski definition) is 3. The van der Waals surface area contributed by atoms with Crippen LogP contribution in [0.3, 0.4) is 0 Å². The van der Waals surface area contributed by atoms with Crippen molar-refractivity contribution in [2.45, 2.75) is 24.9 Å². The van der Waals surface area contributed by atoms with Crippen LogP contribution in [0.1, 0.15) is 41.5 Å². The summed E-state index contributed by atoms with van der Waals surface area (Å²) in [4.78, 5) is 0. The molecule has 7 heteroatoms. The average Bonchev–Trinajstić information content (AvgIpc) is 2.84. The third-order valence-corrected chi connectivity index (χ3v) is 6.91. The molecule has 0 aliphatic carbocycles. The molecule has 3 aromatic carbocycles. The van der Waals surface area contributed by atoms with Gasteiger partial charge in [-0.25, -0.2) is 0 Å². The first-order chi connectivity index (χ1) is 15.6. The number of benzene rings is 3.